The third kappa shape index (κ3) is 3.99. The minimum atomic E-state index is -3.51. The minimum absolute atomic E-state index is 0. The SMILES string of the molecule is CNS(=O)(=O)c1csc(C(=O)N2CCCCC2C(C)N)c1.Cl. The Labute approximate surface area is 141 Å². The molecule has 2 unspecified atom stereocenters. The fourth-order valence-electron chi connectivity index (χ4n) is 2.59. The van der Waals surface area contributed by atoms with Crippen LogP contribution in [0.5, 0.6) is 0 Å². The van der Waals surface area contributed by atoms with Crippen LogP contribution in [-0.4, -0.2) is 44.9 Å². The Kier molecular flexibility index (Phi) is 6.82. The molecular formula is C13H22ClN3O3S2. The highest BCUT2D eigenvalue weighted by molar-refractivity contribution is 7.89. The summed E-state index contributed by atoms with van der Waals surface area (Å²) in [4.78, 5) is 15.0. The molecule has 0 aromatic carbocycles. The van der Waals surface area contributed by atoms with E-state index in [0.717, 1.165) is 30.6 Å². The normalized spacial score (nSPS) is 20.3. The van der Waals surface area contributed by atoms with Crippen molar-refractivity contribution in [2.45, 2.75) is 43.2 Å². The van der Waals surface area contributed by atoms with Crippen molar-refractivity contribution < 1.29 is 13.2 Å². The summed E-state index contributed by atoms with van der Waals surface area (Å²) in [7, 11) is -2.15. The summed E-state index contributed by atoms with van der Waals surface area (Å²) in [6.45, 7) is 2.58. The van der Waals surface area contributed by atoms with E-state index in [0.29, 0.717) is 11.4 Å². The summed E-state index contributed by atoms with van der Waals surface area (Å²) in [5.74, 6) is -0.125. The lowest BCUT2D eigenvalue weighted by Gasteiger charge is -2.37. The third-order valence-corrected chi connectivity index (χ3v) is 6.24. The van der Waals surface area contributed by atoms with E-state index < -0.39 is 10.0 Å². The molecule has 9 heteroatoms. The first-order chi connectivity index (χ1) is 9.86. The number of likely N-dealkylation sites (tertiary alicyclic amines) is 1. The molecule has 1 aromatic heterocycles. The predicted octanol–water partition coefficient (Wildman–Crippen LogP) is 1.42. The number of hydrogen-bond acceptors (Lipinski definition) is 5. The molecule has 1 fully saturated rings. The van der Waals surface area contributed by atoms with Gasteiger partial charge >= 0.3 is 0 Å². The number of nitrogens with one attached hydrogen (secondary N) is 1. The maximum atomic E-state index is 12.6. The third-order valence-electron chi connectivity index (χ3n) is 3.78. The number of piperidine rings is 1. The summed E-state index contributed by atoms with van der Waals surface area (Å²) in [6, 6.07) is 1.37. The molecule has 2 atom stereocenters. The molecule has 2 heterocycles. The second-order valence-electron chi connectivity index (χ2n) is 5.28. The van der Waals surface area contributed by atoms with Crippen molar-refractivity contribution in [2.75, 3.05) is 13.6 Å². The van der Waals surface area contributed by atoms with Gasteiger partial charge in [0.05, 0.1) is 9.77 Å². The van der Waals surface area contributed by atoms with Crippen LogP contribution < -0.4 is 10.5 Å². The molecule has 22 heavy (non-hydrogen) atoms. The molecule has 1 aliphatic rings. The Balaban J connectivity index is 0.00000242. The van der Waals surface area contributed by atoms with Crippen molar-refractivity contribution in [3.05, 3.63) is 16.3 Å². The van der Waals surface area contributed by atoms with Crippen LogP contribution >= 0.6 is 23.7 Å². The molecule has 1 amide bonds. The topological polar surface area (TPSA) is 92.5 Å². The summed E-state index contributed by atoms with van der Waals surface area (Å²) in [5, 5.41) is 1.49. The van der Waals surface area contributed by atoms with Crippen LogP contribution in [0.2, 0.25) is 0 Å². The van der Waals surface area contributed by atoms with Gasteiger partial charge in [-0.3, -0.25) is 4.79 Å². The van der Waals surface area contributed by atoms with Crippen LogP contribution in [0.25, 0.3) is 0 Å². The van der Waals surface area contributed by atoms with E-state index >= 15 is 0 Å². The molecule has 126 valence electrons. The van der Waals surface area contributed by atoms with E-state index in [9.17, 15) is 13.2 Å². The van der Waals surface area contributed by atoms with Crippen LogP contribution in [0.15, 0.2) is 16.3 Å². The monoisotopic (exact) mass is 367 g/mol. The van der Waals surface area contributed by atoms with E-state index in [-0.39, 0.29) is 35.3 Å². The second-order valence-corrected chi connectivity index (χ2v) is 8.07. The summed E-state index contributed by atoms with van der Waals surface area (Å²) in [6.07, 6.45) is 2.93. The molecule has 0 bridgehead atoms. The Bertz CT molecular complexity index is 616. The Hall–Kier alpha value is -0.670. The van der Waals surface area contributed by atoms with Crippen molar-refractivity contribution in [3.63, 3.8) is 0 Å². The lowest BCUT2D eigenvalue weighted by Crippen LogP contribution is -2.51. The number of sulfonamides is 1. The summed E-state index contributed by atoms with van der Waals surface area (Å²) in [5.41, 5.74) is 5.97. The van der Waals surface area contributed by atoms with Crippen LogP contribution in [0.4, 0.5) is 0 Å². The first kappa shape index (κ1) is 19.4. The minimum Gasteiger partial charge on any atom is -0.333 e. The molecule has 6 nitrogen and oxygen atoms in total. The Morgan fingerprint density at radius 3 is 2.77 bits per heavy atom. The smallest absolute Gasteiger partial charge is 0.264 e. The summed E-state index contributed by atoms with van der Waals surface area (Å²) < 4.78 is 25.7. The fourth-order valence-corrected chi connectivity index (χ4v) is 4.55. The second kappa shape index (κ2) is 7.74. The first-order valence-corrected chi connectivity index (χ1v) is 9.31. The number of carbonyl (C=O) groups excluding carboxylic acids is 1. The largest absolute Gasteiger partial charge is 0.333 e. The van der Waals surface area contributed by atoms with Gasteiger partial charge < -0.3 is 10.6 Å². The van der Waals surface area contributed by atoms with E-state index in [2.05, 4.69) is 4.72 Å². The van der Waals surface area contributed by atoms with Gasteiger partial charge in [-0.05, 0) is 39.3 Å². The zero-order chi connectivity index (χ0) is 15.6. The number of thiophene rings is 1. The van der Waals surface area contributed by atoms with Gasteiger partial charge in [-0.25, -0.2) is 13.1 Å². The molecule has 0 aliphatic carbocycles. The van der Waals surface area contributed by atoms with Crippen molar-refractivity contribution in [2.24, 2.45) is 5.73 Å². The predicted molar refractivity (Wildman–Crippen MR) is 90.1 cm³/mol. The van der Waals surface area contributed by atoms with Gasteiger partial charge in [0.1, 0.15) is 0 Å². The molecular weight excluding hydrogens is 346 g/mol. The van der Waals surface area contributed by atoms with E-state index in [1.165, 1.54) is 18.5 Å². The van der Waals surface area contributed by atoms with Crippen molar-refractivity contribution in [1.29, 1.82) is 0 Å². The molecule has 1 aromatic rings. The lowest BCUT2D eigenvalue weighted by atomic mass is 9.97. The number of nitrogens with two attached hydrogens (primary N) is 1. The lowest BCUT2D eigenvalue weighted by molar-refractivity contribution is 0.0588. The highest BCUT2D eigenvalue weighted by Gasteiger charge is 2.31. The molecule has 2 rings (SSSR count). The standard InChI is InChI=1S/C13H21N3O3S2.ClH/c1-9(14)11-5-3-4-6-16(11)13(17)12-7-10(8-20-12)21(18,19)15-2;/h7-9,11,15H,3-6,14H2,1-2H3;1H. The highest BCUT2D eigenvalue weighted by atomic mass is 35.5. The number of nitrogens with zero attached hydrogens (tertiary/aromatic N) is 1. The van der Waals surface area contributed by atoms with Crippen LogP contribution in [0.1, 0.15) is 35.9 Å². The van der Waals surface area contributed by atoms with Gasteiger partial charge in [0.25, 0.3) is 5.91 Å². The van der Waals surface area contributed by atoms with E-state index in [1.54, 1.807) is 4.90 Å². The zero-order valence-electron chi connectivity index (χ0n) is 12.6. The van der Waals surface area contributed by atoms with Crippen LogP contribution in [0.3, 0.4) is 0 Å². The van der Waals surface area contributed by atoms with Crippen molar-refractivity contribution in [1.82, 2.24) is 9.62 Å². The molecule has 1 aliphatic heterocycles. The first-order valence-electron chi connectivity index (χ1n) is 6.95. The fraction of sp³-hybridized carbons (Fsp3) is 0.615. The Morgan fingerprint density at radius 1 is 1.50 bits per heavy atom. The van der Waals surface area contributed by atoms with E-state index in [4.69, 9.17) is 5.73 Å². The highest BCUT2D eigenvalue weighted by Crippen LogP contribution is 2.25. The molecule has 0 spiro atoms. The number of hydrogen-bond donors (Lipinski definition) is 2. The van der Waals surface area contributed by atoms with Gasteiger partial charge in [-0.2, -0.15) is 0 Å². The average molecular weight is 368 g/mol. The quantitative estimate of drug-likeness (QED) is 0.841. The molecule has 3 N–H and O–H groups in total. The number of rotatable bonds is 4. The van der Waals surface area contributed by atoms with Gasteiger partial charge in [-0.1, -0.05) is 0 Å². The van der Waals surface area contributed by atoms with Crippen LogP contribution in [-0.2, 0) is 10.0 Å². The van der Waals surface area contributed by atoms with Crippen LogP contribution in [0, 0.1) is 0 Å². The number of carbonyl (C=O) groups is 1. The van der Waals surface area contributed by atoms with Crippen molar-refractivity contribution in [3.8, 4) is 0 Å². The number of amides is 1. The van der Waals surface area contributed by atoms with Gasteiger partial charge in [0.2, 0.25) is 10.0 Å². The zero-order valence-corrected chi connectivity index (χ0v) is 15.1. The average Bonchev–Trinajstić information content (AvgIpc) is 2.97. The Morgan fingerprint density at radius 2 is 2.18 bits per heavy atom. The summed E-state index contributed by atoms with van der Waals surface area (Å²) >= 11 is 1.16. The van der Waals surface area contributed by atoms with Crippen molar-refractivity contribution >= 4 is 39.7 Å². The molecule has 0 radical (unpaired) electrons. The van der Waals surface area contributed by atoms with Gasteiger partial charge in [0, 0.05) is 24.0 Å². The van der Waals surface area contributed by atoms with Gasteiger partial charge in [-0.15, -0.1) is 23.7 Å². The van der Waals surface area contributed by atoms with Gasteiger partial charge in [0.15, 0.2) is 0 Å². The molecule has 0 saturated carbocycles. The van der Waals surface area contributed by atoms with E-state index in [1.807, 2.05) is 6.92 Å². The maximum absolute atomic E-state index is 12.6. The molecule has 1 saturated heterocycles. The number of halogens is 1. The maximum Gasteiger partial charge on any atom is 0.264 e.